The quantitative estimate of drug-likeness (QED) is 0.665. The highest BCUT2D eigenvalue weighted by atomic mass is 35.5. The number of amides is 2. The van der Waals surface area contributed by atoms with Crippen LogP contribution in [0, 0.1) is 13.8 Å². The van der Waals surface area contributed by atoms with Gasteiger partial charge in [0.25, 0.3) is 11.8 Å². The monoisotopic (exact) mass is 461 g/mol. The van der Waals surface area contributed by atoms with Gasteiger partial charge in [0.15, 0.2) is 11.7 Å². The second-order valence-electron chi connectivity index (χ2n) is 7.14. The fraction of sp³-hybridized carbons (Fsp3) is 0.318. The van der Waals surface area contributed by atoms with E-state index in [0.29, 0.717) is 48.3 Å². The fourth-order valence-corrected chi connectivity index (χ4v) is 3.36. The number of ether oxygens (including phenoxy) is 2. The first-order chi connectivity index (χ1) is 14.8. The second kappa shape index (κ2) is 10.6. The van der Waals surface area contributed by atoms with Crippen LogP contribution < -0.4 is 15.4 Å². The maximum absolute atomic E-state index is 12.7. The Bertz CT molecular complexity index is 993. The average Bonchev–Trinajstić information content (AvgIpc) is 2.76. The van der Waals surface area contributed by atoms with E-state index in [-0.39, 0.29) is 17.6 Å². The Morgan fingerprint density at radius 1 is 1.13 bits per heavy atom. The molecule has 2 amide bonds. The summed E-state index contributed by atoms with van der Waals surface area (Å²) in [5, 5.41) is 5.86. The molecule has 164 valence electrons. The van der Waals surface area contributed by atoms with Crippen LogP contribution in [-0.2, 0) is 9.53 Å². The second-order valence-corrected chi connectivity index (χ2v) is 7.95. The molecular weight excluding hydrogens is 438 g/mol. The fourth-order valence-electron chi connectivity index (χ4n) is 2.97. The number of nitrogens with one attached hydrogen (secondary N) is 2. The van der Waals surface area contributed by atoms with E-state index >= 15 is 0 Å². The maximum atomic E-state index is 12.7. The molecule has 1 heterocycles. The summed E-state index contributed by atoms with van der Waals surface area (Å²) in [5.41, 5.74) is 3.13. The van der Waals surface area contributed by atoms with Crippen molar-refractivity contribution < 1.29 is 19.1 Å². The molecule has 0 spiro atoms. The molecule has 1 aliphatic heterocycles. The minimum atomic E-state index is -0.410. The Hall–Kier alpha value is -2.68. The smallest absolute Gasteiger partial charge is 0.264 e. The van der Waals surface area contributed by atoms with Crippen LogP contribution >= 0.6 is 23.8 Å². The van der Waals surface area contributed by atoms with Crippen LogP contribution in [0.4, 0.5) is 5.69 Å². The molecule has 1 aliphatic rings. The molecule has 2 N–H and O–H groups in total. The van der Waals surface area contributed by atoms with Gasteiger partial charge in [-0.05, 0) is 67.5 Å². The third kappa shape index (κ3) is 6.40. The number of carbonyl (C=O) groups is 2. The van der Waals surface area contributed by atoms with Crippen LogP contribution in [0.2, 0.25) is 5.02 Å². The summed E-state index contributed by atoms with van der Waals surface area (Å²) in [6.07, 6.45) is 0. The number of halogens is 1. The minimum Gasteiger partial charge on any atom is -0.484 e. The zero-order valence-corrected chi connectivity index (χ0v) is 18.9. The van der Waals surface area contributed by atoms with Gasteiger partial charge in [-0.25, -0.2) is 0 Å². The van der Waals surface area contributed by atoms with Crippen LogP contribution in [0.15, 0.2) is 36.4 Å². The number of anilines is 1. The van der Waals surface area contributed by atoms with Gasteiger partial charge in [-0.15, -0.1) is 0 Å². The van der Waals surface area contributed by atoms with E-state index in [0.717, 1.165) is 11.1 Å². The van der Waals surface area contributed by atoms with Gasteiger partial charge < -0.3 is 19.7 Å². The van der Waals surface area contributed by atoms with Crippen molar-refractivity contribution in [1.82, 2.24) is 10.2 Å². The number of hydrogen-bond acceptors (Lipinski definition) is 5. The SMILES string of the molecule is Cc1ccc(OCC(=O)NC(=S)Nc2cc(C(=O)N3CCOCC3)ccc2Cl)cc1C. The summed E-state index contributed by atoms with van der Waals surface area (Å²) in [4.78, 5) is 26.6. The summed E-state index contributed by atoms with van der Waals surface area (Å²) in [6, 6.07) is 10.5. The maximum Gasteiger partial charge on any atom is 0.264 e. The number of rotatable bonds is 5. The van der Waals surface area contributed by atoms with E-state index in [4.69, 9.17) is 33.3 Å². The first kappa shape index (κ1) is 23.0. The topological polar surface area (TPSA) is 79.9 Å². The first-order valence-electron chi connectivity index (χ1n) is 9.81. The van der Waals surface area contributed by atoms with Crippen LogP contribution in [0.5, 0.6) is 5.75 Å². The Labute approximate surface area is 191 Å². The van der Waals surface area contributed by atoms with Crippen LogP contribution in [0.3, 0.4) is 0 Å². The van der Waals surface area contributed by atoms with Crippen molar-refractivity contribution in [3.63, 3.8) is 0 Å². The highest BCUT2D eigenvalue weighted by Crippen LogP contribution is 2.24. The summed E-state index contributed by atoms with van der Waals surface area (Å²) in [5.74, 6) is 0.0849. The third-order valence-electron chi connectivity index (χ3n) is 4.86. The molecule has 0 unspecified atom stereocenters. The highest BCUT2D eigenvalue weighted by molar-refractivity contribution is 7.80. The Morgan fingerprint density at radius 2 is 1.87 bits per heavy atom. The predicted octanol–water partition coefficient (Wildman–Crippen LogP) is 3.32. The lowest BCUT2D eigenvalue weighted by molar-refractivity contribution is -0.121. The Morgan fingerprint density at radius 3 is 2.58 bits per heavy atom. The molecular formula is C22H24ClN3O4S. The van der Waals surface area contributed by atoms with Gasteiger partial charge in [0.1, 0.15) is 5.75 Å². The molecule has 0 aromatic heterocycles. The molecule has 7 nitrogen and oxygen atoms in total. The van der Waals surface area contributed by atoms with Crippen LogP contribution in [-0.4, -0.2) is 54.7 Å². The van der Waals surface area contributed by atoms with Gasteiger partial charge in [-0.1, -0.05) is 17.7 Å². The molecule has 0 saturated carbocycles. The molecule has 1 saturated heterocycles. The molecule has 9 heteroatoms. The van der Waals surface area contributed by atoms with E-state index in [9.17, 15) is 9.59 Å². The molecule has 2 aromatic carbocycles. The standard InChI is InChI=1S/C22H24ClN3O4S/c1-14-3-5-17(11-15(14)2)30-13-20(27)25-22(31)24-19-12-16(4-6-18(19)23)21(28)26-7-9-29-10-8-26/h3-6,11-12H,7-10,13H2,1-2H3,(H2,24,25,27,31). The molecule has 0 aliphatic carbocycles. The lowest BCUT2D eigenvalue weighted by atomic mass is 10.1. The third-order valence-corrected chi connectivity index (χ3v) is 5.39. The Kier molecular flexibility index (Phi) is 7.84. The summed E-state index contributed by atoms with van der Waals surface area (Å²) < 4.78 is 10.8. The van der Waals surface area contributed by atoms with Crippen LogP contribution in [0.1, 0.15) is 21.5 Å². The van der Waals surface area contributed by atoms with Gasteiger partial charge >= 0.3 is 0 Å². The Balaban J connectivity index is 1.56. The van der Waals surface area contributed by atoms with Gasteiger partial charge in [0.05, 0.1) is 23.9 Å². The minimum absolute atomic E-state index is 0.0616. The van der Waals surface area contributed by atoms with Crippen molar-refractivity contribution in [2.45, 2.75) is 13.8 Å². The van der Waals surface area contributed by atoms with E-state index in [2.05, 4.69) is 10.6 Å². The summed E-state index contributed by atoms with van der Waals surface area (Å²) in [6.45, 7) is 5.91. The molecule has 0 bridgehead atoms. The van der Waals surface area contributed by atoms with Gasteiger partial charge in [0, 0.05) is 18.7 Å². The number of morpholine rings is 1. The van der Waals surface area contributed by atoms with Crippen molar-refractivity contribution in [2.75, 3.05) is 38.2 Å². The first-order valence-corrected chi connectivity index (χ1v) is 10.6. The van der Waals surface area contributed by atoms with Gasteiger partial charge in [0.2, 0.25) is 0 Å². The average molecular weight is 462 g/mol. The molecule has 1 fully saturated rings. The molecule has 0 atom stereocenters. The van der Waals surface area contributed by atoms with Crippen LogP contribution in [0.25, 0.3) is 0 Å². The molecule has 3 rings (SSSR count). The number of thiocarbonyl (C=S) groups is 1. The number of carbonyl (C=O) groups excluding carboxylic acids is 2. The number of benzene rings is 2. The molecule has 0 radical (unpaired) electrons. The van der Waals surface area contributed by atoms with E-state index in [1.165, 1.54) is 0 Å². The lowest BCUT2D eigenvalue weighted by Crippen LogP contribution is -2.40. The molecule has 2 aromatic rings. The zero-order chi connectivity index (χ0) is 22.4. The van der Waals surface area contributed by atoms with Gasteiger partial charge in [-0.2, -0.15) is 0 Å². The number of aryl methyl sites for hydroxylation is 2. The van der Waals surface area contributed by atoms with Crippen molar-refractivity contribution in [3.8, 4) is 5.75 Å². The van der Waals surface area contributed by atoms with E-state index in [1.54, 1.807) is 23.1 Å². The molecule has 31 heavy (non-hydrogen) atoms. The van der Waals surface area contributed by atoms with Crippen molar-refractivity contribution in [2.24, 2.45) is 0 Å². The highest BCUT2D eigenvalue weighted by Gasteiger charge is 2.19. The predicted molar refractivity (Wildman–Crippen MR) is 124 cm³/mol. The summed E-state index contributed by atoms with van der Waals surface area (Å²) >= 11 is 11.4. The summed E-state index contributed by atoms with van der Waals surface area (Å²) in [7, 11) is 0. The number of hydrogen-bond donors (Lipinski definition) is 2. The largest absolute Gasteiger partial charge is 0.484 e. The van der Waals surface area contributed by atoms with E-state index < -0.39 is 5.91 Å². The zero-order valence-electron chi connectivity index (χ0n) is 17.4. The normalized spacial score (nSPS) is 13.5. The van der Waals surface area contributed by atoms with Crippen molar-refractivity contribution >= 4 is 46.4 Å². The van der Waals surface area contributed by atoms with Crippen molar-refractivity contribution in [1.29, 1.82) is 0 Å². The number of nitrogens with zero attached hydrogens (tertiary/aromatic N) is 1. The van der Waals surface area contributed by atoms with E-state index in [1.807, 2.05) is 32.0 Å². The van der Waals surface area contributed by atoms with Crippen molar-refractivity contribution in [3.05, 3.63) is 58.1 Å². The lowest BCUT2D eigenvalue weighted by Gasteiger charge is -2.27. The van der Waals surface area contributed by atoms with Gasteiger partial charge in [-0.3, -0.25) is 14.9 Å².